The topological polar surface area (TPSA) is 47.6 Å². The molecule has 3 unspecified atom stereocenters. The van der Waals surface area contributed by atoms with Crippen LogP contribution in [0.15, 0.2) is 24.3 Å². The number of anilines is 1. The third kappa shape index (κ3) is 4.99. The Kier molecular flexibility index (Phi) is 7.07. The van der Waals surface area contributed by atoms with E-state index in [0.29, 0.717) is 5.69 Å². The van der Waals surface area contributed by atoms with Crippen molar-refractivity contribution in [2.24, 2.45) is 5.92 Å². The van der Waals surface area contributed by atoms with Crippen LogP contribution in [0, 0.1) is 11.7 Å². The van der Waals surface area contributed by atoms with Crippen LogP contribution in [-0.4, -0.2) is 49.3 Å². The summed E-state index contributed by atoms with van der Waals surface area (Å²) < 4.78 is 14.0. The van der Waals surface area contributed by atoms with Crippen LogP contribution in [0.3, 0.4) is 0 Å². The van der Waals surface area contributed by atoms with Crippen molar-refractivity contribution in [1.29, 1.82) is 0 Å². The van der Waals surface area contributed by atoms with E-state index in [1.54, 1.807) is 6.07 Å². The molecule has 2 N–H and O–H groups in total. The number of halogens is 1. The van der Waals surface area contributed by atoms with Gasteiger partial charge < -0.3 is 10.2 Å². The minimum Gasteiger partial charge on any atom is -0.367 e. The highest BCUT2D eigenvalue weighted by atomic mass is 19.1. The minimum absolute atomic E-state index is 0.0535. The number of hydrogen-bond acceptors (Lipinski definition) is 4. The summed E-state index contributed by atoms with van der Waals surface area (Å²) in [5.41, 5.74) is 0.665. The van der Waals surface area contributed by atoms with Crippen LogP contribution in [-0.2, 0) is 4.79 Å². The van der Waals surface area contributed by atoms with Gasteiger partial charge in [0, 0.05) is 32.2 Å². The maximum Gasteiger partial charge on any atom is 0.226 e. The maximum absolute atomic E-state index is 14.0. The van der Waals surface area contributed by atoms with Crippen LogP contribution >= 0.6 is 0 Å². The van der Waals surface area contributed by atoms with E-state index < -0.39 is 0 Å². The summed E-state index contributed by atoms with van der Waals surface area (Å²) in [6.07, 6.45) is 5.60. The van der Waals surface area contributed by atoms with Gasteiger partial charge in [-0.15, -0.1) is 0 Å². The highest BCUT2D eigenvalue weighted by Gasteiger charge is 2.36. The molecule has 2 heterocycles. The van der Waals surface area contributed by atoms with E-state index in [1.807, 2.05) is 12.1 Å². The standard InChI is InChI=1S/C21H33FN4O/c1-3-4-5-6-9-17-16(2)23-21(24-20(17)27)26-14-12-25(13-15-26)19-11-8-7-10-18(19)22/h7-8,10-11,16-17,21,23H,3-6,9,12-15H2,1-2H3,(H,24,27). The fourth-order valence-corrected chi connectivity index (χ4v) is 4.17. The Morgan fingerprint density at radius 3 is 2.52 bits per heavy atom. The first-order valence-electron chi connectivity index (χ1n) is 10.4. The van der Waals surface area contributed by atoms with Crippen LogP contribution in [0.4, 0.5) is 10.1 Å². The summed E-state index contributed by atoms with van der Waals surface area (Å²) >= 11 is 0. The second kappa shape index (κ2) is 9.51. The van der Waals surface area contributed by atoms with Crippen molar-refractivity contribution in [3.05, 3.63) is 30.1 Å². The first kappa shape index (κ1) is 20.1. The normalized spacial score (nSPS) is 26.9. The zero-order chi connectivity index (χ0) is 19.2. The highest BCUT2D eigenvalue weighted by Crippen LogP contribution is 2.22. The average molecular weight is 377 g/mol. The fraction of sp³-hybridized carbons (Fsp3) is 0.667. The molecule has 1 aromatic carbocycles. The lowest BCUT2D eigenvalue weighted by Crippen LogP contribution is -2.68. The Hall–Kier alpha value is -1.66. The first-order chi connectivity index (χ1) is 13.1. The van der Waals surface area contributed by atoms with Crippen molar-refractivity contribution in [2.75, 3.05) is 31.1 Å². The molecule has 0 aliphatic carbocycles. The molecule has 2 saturated heterocycles. The first-order valence-corrected chi connectivity index (χ1v) is 10.4. The van der Waals surface area contributed by atoms with Crippen LogP contribution in [0.5, 0.6) is 0 Å². The molecule has 5 nitrogen and oxygen atoms in total. The summed E-state index contributed by atoms with van der Waals surface area (Å²) in [4.78, 5) is 16.9. The quantitative estimate of drug-likeness (QED) is 0.719. The molecule has 0 spiro atoms. The number of nitrogens with one attached hydrogen (secondary N) is 2. The van der Waals surface area contributed by atoms with Crippen molar-refractivity contribution in [2.45, 2.75) is 58.3 Å². The third-order valence-corrected chi connectivity index (χ3v) is 5.88. The molecule has 1 aromatic rings. The van der Waals surface area contributed by atoms with Gasteiger partial charge in [-0.05, 0) is 25.5 Å². The van der Waals surface area contributed by atoms with Crippen LogP contribution in [0.1, 0.15) is 46.0 Å². The van der Waals surface area contributed by atoms with Crippen molar-refractivity contribution >= 4 is 11.6 Å². The van der Waals surface area contributed by atoms with Gasteiger partial charge in [0.1, 0.15) is 12.1 Å². The molecular weight excluding hydrogens is 343 g/mol. The number of para-hydroxylation sites is 1. The van der Waals surface area contributed by atoms with Gasteiger partial charge >= 0.3 is 0 Å². The van der Waals surface area contributed by atoms with Crippen LogP contribution in [0.25, 0.3) is 0 Å². The Morgan fingerprint density at radius 2 is 1.85 bits per heavy atom. The molecule has 2 fully saturated rings. The molecule has 0 aromatic heterocycles. The molecular formula is C21H33FN4O. The zero-order valence-corrected chi connectivity index (χ0v) is 16.6. The van der Waals surface area contributed by atoms with Crippen molar-refractivity contribution in [3.8, 4) is 0 Å². The number of piperazine rings is 1. The third-order valence-electron chi connectivity index (χ3n) is 5.88. The van der Waals surface area contributed by atoms with E-state index in [9.17, 15) is 9.18 Å². The summed E-state index contributed by atoms with van der Waals surface area (Å²) in [6, 6.07) is 7.10. The molecule has 3 rings (SSSR count). The predicted molar refractivity (Wildman–Crippen MR) is 107 cm³/mol. The number of carbonyl (C=O) groups excluding carboxylic acids is 1. The number of carbonyl (C=O) groups is 1. The second-order valence-electron chi connectivity index (χ2n) is 7.80. The predicted octanol–water partition coefficient (Wildman–Crippen LogP) is 2.93. The smallest absolute Gasteiger partial charge is 0.226 e. The van der Waals surface area contributed by atoms with Crippen molar-refractivity contribution in [3.63, 3.8) is 0 Å². The Bertz CT molecular complexity index is 618. The van der Waals surface area contributed by atoms with E-state index in [-0.39, 0.29) is 30.0 Å². The molecule has 0 radical (unpaired) electrons. The monoisotopic (exact) mass is 376 g/mol. The van der Waals surface area contributed by atoms with Gasteiger partial charge in [-0.2, -0.15) is 0 Å². The second-order valence-corrected chi connectivity index (χ2v) is 7.80. The molecule has 27 heavy (non-hydrogen) atoms. The van der Waals surface area contributed by atoms with Crippen molar-refractivity contribution < 1.29 is 9.18 Å². The van der Waals surface area contributed by atoms with Gasteiger partial charge in [0.2, 0.25) is 5.91 Å². The Morgan fingerprint density at radius 1 is 1.11 bits per heavy atom. The average Bonchev–Trinajstić information content (AvgIpc) is 2.67. The molecule has 2 aliphatic heterocycles. The van der Waals surface area contributed by atoms with Gasteiger partial charge in [0.25, 0.3) is 0 Å². The number of unbranched alkanes of at least 4 members (excludes halogenated alkanes) is 3. The molecule has 1 amide bonds. The molecule has 150 valence electrons. The van der Waals surface area contributed by atoms with Crippen LogP contribution in [0.2, 0.25) is 0 Å². The molecule has 0 bridgehead atoms. The van der Waals surface area contributed by atoms with Gasteiger partial charge in [-0.25, -0.2) is 4.39 Å². The van der Waals surface area contributed by atoms with E-state index in [2.05, 4.69) is 34.3 Å². The van der Waals surface area contributed by atoms with E-state index >= 15 is 0 Å². The number of hydrogen-bond donors (Lipinski definition) is 2. The fourth-order valence-electron chi connectivity index (χ4n) is 4.17. The Balaban J connectivity index is 1.49. The summed E-state index contributed by atoms with van der Waals surface area (Å²) in [5.74, 6) is 0.0478. The minimum atomic E-state index is -0.172. The number of nitrogens with zero attached hydrogens (tertiary/aromatic N) is 2. The van der Waals surface area contributed by atoms with Crippen molar-refractivity contribution in [1.82, 2.24) is 15.5 Å². The largest absolute Gasteiger partial charge is 0.367 e. The SMILES string of the molecule is CCCCCCC1C(=O)NC(N2CCN(c3ccccc3F)CC2)NC1C. The van der Waals surface area contributed by atoms with E-state index in [4.69, 9.17) is 0 Å². The number of rotatable bonds is 7. The Labute approximate surface area is 162 Å². The lowest BCUT2D eigenvalue weighted by molar-refractivity contribution is -0.132. The van der Waals surface area contributed by atoms with Gasteiger partial charge in [-0.3, -0.25) is 15.0 Å². The van der Waals surface area contributed by atoms with Gasteiger partial charge in [-0.1, -0.05) is 44.7 Å². The van der Waals surface area contributed by atoms with E-state index in [1.165, 1.54) is 25.3 Å². The van der Waals surface area contributed by atoms with E-state index in [0.717, 1.165) is 39.0 Å². The zero-order valence-electron chi connectivity index (χ0n) is 16.6. The summed E-state index contributed by atoms with van der Waals surface area (Å²) in [7, 11) is 0. The number of benzene rings is 1. The summed E-state index contributed by atoms with van der Waals surface area (Å²) in [6.45, 7) is 7.41. The summed E-state index contributed by atoms with van der Waals surface area (Å²) in [5, 5.41) is 6.73. The number of amides is 1. The highest BCUT2D eigenvalue weighted by molar-refractivity contribution is 5.80. The molecule has 6 heteroatoms. The lowest BCUT2D eigenvalue weighted by atomic mass is 9.91. The lowest BCUT2D eigenvalue weighted by Gasteiger charge is -2.45. The van der Waals surface area contributed by atoms with Crippen LogP contribution < -0.4 is 15.5 Å². The maximum atomic E-state index is 14.0. The van der Waals surface area contributed by atoms with Gasteiger partial charge in [0.15, 0.2) is 0 Å². The molecule has 0 saturated carbocycles. The molecule has 2 aliphatic rings. The van der Waals surface area contributed by atoms with Gasteiger partial charge in [0.05, 0.1) is 11.6 Å². The molecule has 3 atom stereocenters.